The highest BCUT2D eigenvalue weighted by Gasteiger charge is 2.53. The molecule has 0 saturated carbocycles. The van der Waals surface area contributed by atoms with E-state index < -0.39 is 30.0 Å². The summed E-state index contributed by atoms with van der Waals surface area (Å²) in [6.45, 7) is 0.152. The van der Waals surface area contributed by atoms with E-state index in [9.17, 15) is 14.7 Å². The summed E-state index contributed by atoms with van der Waals surface area (Å²) >= 11 is 0. The molecule has 0 aromatic heterocycles. The van der Waals surface area contributed by atoms with Gasteiger partial charge in [0, 0.05) is 11.8 Å². The summed E-state index contributed by atoms with van der Waals surface area (Å²) in [5, 5.41) is 12.0. The van der Waals surface area contributed by atoms with Crippen molar-refractivity contribution in [1.29, 1.82) is 0 Å². The number of anilines is 1. The molecule has 4 atom stereocenters. The van der Waals surface area contributed by atoms with Crippen molar-refractivity contribution in [2.45, 2.75) is 12.2 Å². The zero-order valence-electron chi connectivity index (χ0n) is 11.4. The van der Waals surface area contributed by atoms with Gasteiger partial charge in [-0.2, -0.15) is 0 Å². The van der Waals surface area contributed by atoms with Crippen LogP contribution in [0.1, 0.15) is 0 Å². The number of amides is 1. The van der Waals surface area contributed by atoms with E-state index in [1.165, 1.54) is 0 Å². The monoisotopic (exact) mass is 303 g/mol. The van der Waals surface area contributed by atoms with Gasteiger partial charge in [-0.25, -0.2) is 0 Å². The van der Waals surface area contributed by atoms with Gasteiger partial charge < -0.3 is 24.6 Å². The van der Waals surface area contributed by atoms with Gasteiger partial charge in [-0.15, -0.1) is 0 Å². The van der Waals surface area contributed by atoms with Gasteiger partial charge in [-0.3, -0.25) is 9.59 Å². The number of carbonyl (C=O) groups excluding carboxylic acids is 1. The van der Waals surface area contributed by atoms with Gasteiger partial charge in [0.05, 0.1) is 18.1 Å². The van der Waals surface area contributed by atoms with Crippen molar-refractivity contribution >= 4 is 17.6 Å². The smallest absolute Gasteiger partial charge is 0.310 e. The van der Waals surface area contributed by atoms with Crippen LogP contribution in [0, 0.1) is 11.8 Å². The van der Waals surface area contributed by atoms with Crippen molar-refractivity contribution in [2.24, 2.45) is 11.8 Å². The highest BCUT2D eigenvalue weighted by atomic mass is 16.7. The molecule has 0 spiro atoms. The second-order valence-corrected chi connectivity index (χ2v) is 5.40. The molecule has 3 aliphatic rings. The summed E-state index contributed by atoms with van der Waals surface area (Å²) in [5.74, 6) is -1.82. The first-order chi connectivity index (χ1) is 10.6. The topological polar surface area (TPSA) is 94.1 Å². The zero-order chi connectivity index (χ0) is 15.3. The van der Waals surface area contributed by atoms with Crippen molar-refractivity contribution in [2.75, 3.05) is 12.1 Å². The highest BCUT2D eigenvalue weighted by Crippen LogP contribution is 2.40. The standard InChI is InChI=1S/C15H13NO6/c17-14(12-9-3-4-10(22-9)13(12)15(18)19)16-7-1-2-8-11(5-7)21-6-20-8/h1-5,9-10,12-13H,6H2,(H,16,17)(H,18,19)/t9-,10-,12-,13-/m1/s1. The van der Waals surface area contributed by atoms with Crippen molar-refractivity contribution in [3.05, 3.63) is 30.4 Å². The highest BCUT2D eigenvalue weighted by molar-refractivity contribution is 5.97. The average Bonchev–Trinajstić information content (AvgIpc) is 3.20. The van der Waals surface area contributed by atoms with E-state index >= 15 is 0 Å². The number of hydrogen-bond acceptors (Lipinski definition) is 5. The lowest BCUT2D eigenvalue weighted by molar-refractivity contribution is -0.145. The third-order valence-electron chi connectivity index (χ3n) is 4.13. The maximum absolute atomic E-state index is 12.5. The number of carboxylic acids is 1. The van der Waals surface area contributed by atoms with Gasteiger partial charge in [0.2, 0.25) is 12.7 Å². The fourth-order valence-electron chi connectivity index (χ4n) is 3.11. The first-order valence-electron chi connectivity index (χ1n) is 6.90. The molecular weight excluding hydrogens is 290 g/mol. The number of fused-ring (bicyclic) bond motifs is 3. The van der Waals surface area contributed by atoms with Crippen molar-refractivity contribution in [3.63, 3.8) is 0 Å². The van der Waals surface area contributed by atoms with E-state index in [1.807, 2.05) is 0 Å². The first-order valence-corrected chi connectivity index (χ1v) is 6.90. The second kappa shape index (κ2) is 4.74. The maximum atomic E-state index is 12.5. The largest absolute Gasteiger partial charge is 0.481 e. The third-order valence-corrected chi connectivity index (χ3v) is 4.13. The molecule has 3 aliphatic heterocycles. The number of hydrogen-bond donors (Lipinski definition) is 2. The predicted molar refractivity (Wildman–Crippen MR) is 73.6 cm³/mol. The number of nitrogens with one attached hydrogen (secondary N) is 1. The van der Waals surface area contributed by atoms with Gasteiger partial charge in [-0.05, 0) is 12.1 Å². The van der Waals surface area contributed by atoms with Gasteiger partial charge in [0.1, 0.15) is 5.92 Å². The van der Waals surface area contributed by atoms with E-state index in [2.05, 4.69) is 5.32 Å². The molecule has 1 aromatic rings. The summed E-state index contributed by atoms with van der Waals surface area (Å²) in [6, 6.07) is 5.04. The van der Waals surface area contributed by atoms with Gasteiger partial charge in [-0.1, -0.05) is 12.2 Å². The minimum atomic E-state index is -1.03. The Morgan fingerprint density at radius 3 is 2.59 bits per heavy atom. The minimum absolute atomic E-state index is 0.152. The van der Waals surface area contributed by atoms with Crippen LogP contribution >= 0.6 is 0 Å². The lowest BCUT2D eigenvalue weighted by atomic mass is 9.82. The molecule has 1 amide bonds. The predicted octanol–water partition coefficient (Wildman–Crippen LogP) is 1.01. The van der Waals surface area contributed by atoms with Crippen LogP contribution in [0.25, 0.3) is 0 Å². The van der Waals surface area contributed by atoms with E-state index in [-0.39, 0.29) is 12.7 Å². The average molecular weight is 303 g/mol. The Bertz CT molecular complexity index is 685. The molecule has 114 valence electrons. The summed E-state index contributed by atoms with van der Waals surface area (Å²) in [5.41, 5.74) is 0.533. The zero-order valence-corrected chi connectivity index (χ0v) is 11.4. The van der Waals surface area contributed by atoms with E-state index in [1.54, 1.807) is 30.4 Å². The number of rotatable bonds is 3. The molecule has 2 N–H and O–H groups in total. The van der Waals surface area contributed by atoms with Crippen LogP contribution in [0.15, 0.2) is 30.4 Å². The minimum Gasteiger partial charge on any atom is -0.481 e. The lowest BCUT2D eigenvalue weighted by Crippen LogP contribution is -2.39. The van der Waals surface area contributed by atoms with Crippen molar-refractivity contribution < 1.29 is 28.9 Å². The number of aliphatic carboxylic acids is 1. The molecule has 3 heterocycles. The van der Waals surface area contributed by atoms with Crippen molar-refractivity contribution in [1.82, 2.24) is 0 Å². The molecule has 7 heteroatoms. The Kier molecular flexibility index (Phi) is 2.83. The summed E-state index contributed by atoms with van der Waals surface area (Å²) in [4.78, 5) is 23.8. The molecule has 2 bridgehead atoms. The second-order valence-electron chi connectivity index (χ2n) is 5.40. The summed E-state index contributed by atoms with van der Waals surface area (Å²) in [7, 11) is 0. The van der Waals surface area contributed by atoms with Crippen LogP contribution in [-0.2, 0) is 14.3 Å². The molecule has 7 nitrogen and oxygen atoms in total. The summed E-state index contributed by atoms with van der Waals surface area (Å²) < 4.78 is 16.0. The van der Waals surface area contributed by atoms with Gasteiger partial charge >= 0.3 is 5.97 Å². The number of carbonyl (C=O) groups is 2. The maximum Gasteiger partial charge on any atom is 0.310 e. The molecule has 22 heavy (non-hydrogen) atoms. The van der Waals surface area contributed by atoms with Crippen LogP contribution in [-0.4, -0.2) is 36.0 Å². The molecular formula is C15H13NO6. The molecule has 0 aliphatic carbocycles. The van der Waals surface area contributed by atoms with Crippen molar-refractivity contribution in [3.8, 4) is 11.5 Å². The van der Waals surface area contributed by atoms with Gasteiger partial charge in [0.25, 0.3) is 0 Å². The normalized spacial score (nSPS) is 30.5. The number of benzene rings is 1. The van der Waals surface area contributed by atoms with Crippen LogP contribution < -0.4 is 14.8 Å². The van der Waals surface area contributed by atoms with E-state index in [0.29, 0.717) is 17.2 Å². The van der Waals surface area contributed by atoms with Crippen LogP contribution in [0.3, 0.4) is 0 Å². The fraction of sp³-hybridized carbons (Fsp3) is 0.333. The Morgan fingerprint density at radius 2 is 1.82 bits per heavy atom. The molecule has 0 radical (unpaired) electrons. The molecule has 1 aromatic carbocycles. The third kappa shape index (κ3) is 1.93. The molecule has 1 saturated heterocycles. The van der Waals surface area contributed by atoms with E-state index in [4.69, 9.17) is 14.2 Å². The quantitative estimate of drug-likeness (QED) is 0.809. The fourth-order valence-corrected chi connectivity index (χ4v) is 3.11. The number of ether oxygens (including phenoxy) is 3. The Morgan fingerprint density at radius 1 is 1.09 bits per heavy atom. The molecule has 0 unspecified atom stereocenters. The Balaban J connectivity index is 1.55. The SMILES string of the molecule is O=C(O)[C@H]1[C@H](C(=O)Nc2ccc3c(c2)OCO3)[C@H]2C=C[C@H]1O2. The first kappa shape index (κ1) is 13.1. The number of carboxylic acid groups (broad SMARTS) is 1. The van der Waals surface area contributed by atoms with Gasteiger partial charge in [0.15, 0.2) is 11.5 Å². The molecule has 1 fully saturated rings. The van der Waals surface area contributed by atoms with E-state index in [0.717, 1.165) is 0 Å². The van der Waals surface area contributed by atoms with Crippen LogP contribution in [0.5, 0.6) is 11.5 Å². The summed E-state index contributed by atoms with van der Waals surface area (Å²) in [6.07, 6.45) is 2.43. The Labute approximate surface area is 125 Å². The molecule has 4 rings (SSSR count). The van der Waals surface area contributed by atoms with Crippen LogP contribution in [0.4, 0.5) is 5.69 Å². The Hall–Kier alpha value is -2.54. The van der Waals surface area contributed by atoms with Crippen LogP contribution in [0.2, 0.25) is 0 Å². The lowest BCUT2D eigenvalue weighted by Gasteiger charge is -2.21.